The fourth-order valence-electron chi connectivity index (χ4n) is 1.86. The fraction of sp³-hybridized carbons (Fsp3) is 0.231. The average Bonchev–Trinajstić information content (AvgIpc) is 2.50. The van der Waals surface area contributed by atoms with Gasteiger partial charge in [0.05, 0.1) is 26.5 Å². The number of hydrazine groups is 1. The lowest BCUT2D eigenvalue weighted by Gasteiger charge is -2.19. The average molecular weight is 404 g/mol. The minimum atomic E-state index is -0.481. The van der Waals surface area contributed by atoms with Gasteiger partial charge in [0.1, 0.15) is 11.5 Å². The van der Waals surface area contributed by atoms with Gasteiger partial charge in [-0.1, -0.05) is 6.07 Å². The standard InChI is InChI=1S/C13H14FIN4O2/c1-20-10-6-17-12(13(18-10)21-2)11(19-16)8-4-3-7(14)5-9(8)15/h3-6,11,19H,16H2,1-2H3. The number of ether oxygens (including phenoxy) is 2. The molecule has 21 heavy (non-hydrogen) atoms. The molecular weight excluding hydrogens is 390 g/mol. The zero-order valence-electron chi connectivity index (χ0n) is 11.4. The molecule has 0 saturated carbocycles. The first-order valence-electron chi connectivity index (χ1n) is 5.96. The van der Waals surface area contributed by atoms with Gasteiger partial charge in [0.2, 0.25) is 11.8 Å². The highest BCUT2D eigenvalue weighted by atomic mass is 127. The first-order chi connectivity index (χ1) is 10.1. The molecule has 0 fully saturated rings. The quantitative estimate of drug-likeness (QED) is 0.450. The summed E-state index contributed by atoms with van der Waals surface area (Å²) in [6.07, 6.45) is 1.47. The Balaban J connectivity index is 2.50. The second-order valence-corrected chi connectivity index (χ2v) is 5.23. The van der Waals surface area contributed by atoms with Crippen molar-refractivity contribution in [2.45, 2.75) is 6.04 Å². The zero-order valence-corrected chi connectivity index (χ0v) is 13.6. The van der Waals surface area contributed by atoms with E-state index in [4.69, 9.17) is 15.3 Å². The molecule has 1 aromatic heterocycles. The Morgan fingerprint density at radius 1 is 1.33 bits per heavy atom. The van der Waals surface area contributed by atoms with E-state index in [2.05, 4.69) is 15.4 Å². The van der Waals surface area contributed by atoms with E-state index in [1.54, 1.807) is 6.07 Å². The Morgan fingerprint density at radius 3 is 2.67 bits per heavy atom. The Morgan fingerprint density at radius 2 is 2.10 bits per heavy atom. The van der Waals surface area contributed by atoms with E-state index in [0.29, 0.717) is 11.6 Å². The summed E-state index contributed by atoms with van der Waals surface area (Å²) in [5, 5.41) is 0. The molecule has 8 heteroatoms. The summed E-state index contributed by atoms with van der Waals surface area (Å²) < 4.78 is 24.2. The van der Waals surface area contributed by atoms with Gasteiger partial charge in [-0.15, -0.1) is 0 Å². The molecule has 0 radical (unpaired) electrons. The smallest absolute Gasteiger partial charge is 0.240 e. The van der Waals surface area contributed by atoms with Gasteiger partial charge in [-0.3, -0.25) is 5.84 Å². The predicted octanol–water partition coefficient (Wildman–Crippen LogP) is 1.79. The van der Waals surface area contributed by atoms with Crippen LogP contribution in [0.5, 0.6) is 11.8 Å². The number of benzene rings is 1. The highest BCUT2D eigenvalue weighted by Crippen LogP contribution is 2.30. The summed E-state index contributed by atoms with van der Waals surface area (Å²) in [7, 11) is 2.97. The molecule has 0 saturated heterocycles. The van der Waals surface area contributed by atoms with Gasteiger partial charge in [0.25, 0.3) is 0 Å². The van der Waals surface area contributed by atoms with Crippen LogP contribution in [0.1, 0.15) is 17.3 Å². The largest absolute Gasteiger partial charge is 0.480 e. The van der Waals surface area contributed by atoms with Gasteiger partial charge in [-0.25, -0.2) is 14.8 Å². The Labute approximate surface area is 135 Å². The van der Waals surface area contributed by atoms with Crippen molar-refractivity contribution < 1.29 is 13.9 Å². The lowest BCUT2D eigenvalue weighted by molar-refractivity contribution is 0.352. The molecule has 2 rings (SSSR count). The normalized spacial score (nSPS) is 12.0. The van der Waals surface area contributed by atoms with E-state index in [-0.39, 0.29) is 11.7 Å². The molecule has 0 bridgehead atoms. The van der Waals surface area contributed by atoms with Crippen molar-refractivity contribution in [2.75, 3.05) is 14.2 Å². The van der Waals surface area contributed by atoms with Crippen molar-refractivity contribution in [2.24, 2.45) is 5.84 Å². The molecule has 1 aromatic carbocycles. The first-order valence-corrected chi connectivity index (χ1v) is 7.04. The van der Waals surface area contributed by atoms with Gasteiger partial charge in [-0.2, -0.15) is 4.98 Å². The Hall–Kier alpha value is -1.52. The van der Waals surface area contributed by atoms with Crippen LogP contribution in [-0.4, -0.2) is 24.2 Å². The molecule has 1 atom stereocenters. The van der Waals surface area contributed by atoms with Crippen LogP contribution in [0.4, 0.5) is 4.39 Å². The van der Waals surface area contributed by atoms with Gasteiger partial charge in [0, 0.05) is 3.57 Å². The molecule has 0 spiro atoms. The number of hydrogen-bond acceptors (Lipinski definition) is 6. The molecule has 0 aliphatic heterocycles. The number of nitrogens with zero attached hydrogens (tertiary/aromatic N) is 2. The van der Waals surface area contributed by atoms with E-state index < -0.39 is 6.04 Å². The summed E-state index contributed by atoms with van der Waals surface area (Å²) in [5.74, 6) is 5.95. The van der Waals surface area contributed by atoms with Crippen molar-refractivity contribution in [3.8, 4) is 11.8 Å². The van der Waals surface area contributed by atoms with Crippen molar-refractivity contribution in [3.05, 3.63) is 45.0 Å². The van der Waals surface area contributed by atoms with E-state index in [1.165, 1.54) is 32.5 Å². The maximum Gasteiger partial charge on any atom is 0.240 e. The summed E-state index contributed by atoms with van der Waals surface area (Å²) >= 11 is 2.04. The maximum atomic E-state index is 13.2. The molecule has 3 N–H and O–H groups in total. The fourth-order valence-corrected chi connectivity index (χ4v) is 2.65. The van der Waals surface area contributed by atoms with E-state index in [1.807, 2.05) is 22.6 Å². The number of rotatable bonds is 5. The zero-order chi connectivity index (χ0) is 15.4. The third-order valence-corrected chi connectivity index (χ3v) is 3.80. The minimum Gasteiger partial charge on any atom is -0.480 e. The number of aromatic nitrogens is 2. The highest BCUT2D eigenvalue weighted by molar-refractivity contribution is 14.1. The Bertz CT molecular complexity index is 642. The van der Waals surface area contributed by atoms with Crippen LogP contribution in [0.3, 0.4) is 0 Å². The number of methoxy groups -OCH3 is 2. The van der Waals surface area contributed by atoms with Crippen LogP contribution in [0.2, 0.25) is 0 Å². The van der Waals surface area contributed by atoms with E-state index >= 15 is 0 Å². The van der Waals surface area contributed by atoms with Crippen molar-refractivity contribution in [3.63, 3.8) is 0 Å². The molecule has 0 amide bonds. The maximum absolute atomic E-state index is 13.2. The van der Waals surface area contributed by atoms with E-state index in [0.717, 1.165) is 9.13 Å². The van der Waals surface area contributed by atoms with Crippen molar-refractivity contribution in [1.82, 2.24) is 15.4 Å². The molecule has 1 unspecified atom stereocenters. The first kappa shape index (κ1) is 15.9. The van der Waals surface area contributed by atoms with Crippen LogP contribution in [0.15, 0.2) is 24.4 Å². The van der Waals surface area contributed by atoms with Crippen molar-refractivity contribution >= 4 is 22.6 Å². The molecule has 2 aromatic rings. The monoisotopic (exact) mass is 404 g/mol. The van der Waals surface area contributed by atoms with Gasteiger partial charge >= 0.3 is 0 Å². The van der Waals surface area contributed by atoms with Crippen LogP contribution >= 0.6 is 22.6 Å². The third-order valence-electron chi connectivity index (χ3n) is 2.86. The summed E-state index contributed by atoms with van der Waals surface area (Å²) in [5.41, 5.74) is 3.92. The Kier molecular flexibility index (Phi) is 5.26. The second kappa shape index (κ2) is 6.96. The summed E-state index contributed by atoms with van der Waals surface area (Å²) in [6, 6.07) is 3.95. The highest BCUT2D eigenvalue weighted by Gasteiger charge is 2.22. The van der Waals surface area contributed by atoms with Gasteiger partial charge < -0.3 is 9.47 Å². The number of nitrogens with one attached hydrogen (secondary N) is 1. The second-order valence-electron chi connectivity index (χ2n) is 4.07. The molecule has 112 valence electrons. The third kappa shape index (κ3) is 3.39. The topological polar surface area (TPSA) is 82.3 Å². The predicted molar refractivity (Wildman–Crippen MR) is 83.4 cm³/mol. The molecule has 0 aliphatic carbocycles. The summed E-state index contributed by atoms with van der Waals surface area (Å²) in [4.78, 5) is 8.45. The van der Waals surface area contributed by atoms with Crippen LogP contribution in [0, 0.1) is 9.39 Å². The number of nitrogens with two attached hydrogens (primary N) is 1. The SMILES string of the molecule is COc1cnc(C(NN)c2ccc(F)cc2I)c(OC)n1. The van der Waals surface area contributed by atoms with Crippen LogP contribution in [-0.2, 0) is 0 Å². The minimum absolute atomic E-state index is 0.289. The lowest BCUT2D eigenvalue weighted by atomic mass is 10.0. The molecule has 0 aliphatic rings. The van der Waals surface area contributed by atoms with Gasteiger partial charge in [0.15, 0.2) is 0 Å². The van der Waals surface area contributed by atoms with Crippen LogP contribution < -0.4 is 20.7 Å². The number of halogens is 2. The molecule has 1 heterocycles. The van der Waals surface area contributed by atoms with E-state index in [9.17, 15) is 4.39 Å². The summed E-state index contributed by atoms with van der Waals surface area (Å²) in [6.45, 7) is 0. The lowest BCUT2D eigenvalue weighted by Crippen LogP contribution is -2.30. The number of hydrogen-bond donors (Lipinski definition) is 2. The van der Waals surface area contributed by atoms with Crippen molar-refractivity contribution in [1.29, 1.82) is 0 Å². The molecular formula is C13H14FIN4O2. The van der Waals surface area contributed by atoms with Crippen LogP contribution in [0.25, 0.3) is 0 Å². The van der Waals surface area contributed by atoms with Gasteiger partial charge in [-0.05, 0) is 40.3 Å². The molecule has 6 nitrogen and oxygen atoms in total.